The average molecular weight is 679 g/mol. The van der Waals surface area contributed by atoms with E-state index in [9.17, 15) is 18.0 Å². The second kappa shape index (κ2) is 16.0. The number of nitrogens with one attached hydrogen (secondary N) is 1. The first-order chi connectivity index (χ1) is 22.5. The lowest BCUT2D eigenvalue weighted by Crippen LogP contribution is -2.51. The number of ether oxygens (including phenoxy) is 4. The van der Waals surface area contributed by atoms with Crippen LogP contribution in [0.5, 0.6) is 5.75 Å². The number of rotatable bonds is 13. The Hall–Kier alpha value is -2.84. The fraction of sp³-hybridized carbons (Fsp3) is 0.647. The van der Waals surface area contributed by atoms with Crippen LogP contribution >= 0.6 is 0 Å². The number of aromatic nitrogens is 1. The molecule has 5 rings (SSSR count). The van der Waals surface area contributed by atoms with Crippen molar-refractivity contribution in [3.63, 3.8) is 0 Å². The minimum Gasteiger partial charge on any atom is -0.493 e. The second-order valence-electron chi connectivity index (χ2n) is 13.1. The highest BCUT2D eigenvalue weighted by atomic mass is 32.2. The van der Waals surface area contributed by atoms with Crippen LogP contribution in [0.1, 0.15) is 77.6 Å². The smallest absolute Gasteiger partial charge is 0.264 e. The van der Waals surface area contributed by atoms with Crippen molar-refractivity contribution in [3.05, 3.63) is 52.7 Å². The molecule has 1 aliphatic carbocycles. The predicted octanol–water partition coefficient (Wildman–Crippen LogP) is 4.90. The summed E-state index contributed by atoms with van der Waals surface area (Å²) < 4.78 is 63.1. The van der Waals surface area contributed by atoms with Crippen LogP contribution in [0.4, 0.5) is 4.39 Å². The predicted molar refractivity (Wildman–Crippen MR) is 173 cm³/mol. The average Bonchev–Trinajstić information content (AvgIpc) is 3.07. The number of benzene rings is 1. The molecule has 3 heterocycles. The van der Waals surface area contributed by atoms with E-state index >= 15 is 4.39 Å². The molecule has 3 fully saturated rings. The van der Waals surface area contributed by atoms with Crippen molar-refractivity contribution in [2.45, 2.75) is 108 Å². The Balaban J connectivity index is 1.13. The van der Waals surface area contributed by atoms with E-state index in [1.165, 1.54) is 13.0 Å². The first-order valence-electron chi connectivity index (χ1n) is 16.7. The van der Waals surface area contributed by atoms with Crippen molar-refractivity contribution in [3.8, 4) is 16.9 Å². The molecule has 0 spiro atoms. The van der Waals surface area contributed by atoms with E-state index in [-0.39, 0.29) is 30.9 Å². The zero-order valence-corrected chi connectivity index (χ0v) is 28.1. The molecule has 2 saturated heterocycles. The third-order valence-electron chi connectivity index (χ3n) is 9.55. The Bertz CT molecular complexity index is 1500. The molecule has 2 aromatic rings. The minimum absolute atomic E-state index is 0.0615. The van der Waals surface area contributed by atoms with Crippen LogP contribution in [0.2, 0.25) is 0 Å². The lowest BCUT2D eigenvalue weighted by atomic mass is 9.88. The van der Waals surface area contributed by atoms with Gasteiger partial charge in [-0.15, -0.1) is 0 Å². The molecule has 3 atom stereocenters. The summed E-state index contributed by atoms with van der Waals surface area (Å²) in [7, 11) is -3.95. The van der Waals surface area contributed by atoms with Gasteiger partial charge in [-0.2, -0.15) is 0 Å². The van der Waals surface area contributed by atoms with Crippen molar-refractivity contribution in [2.75, 3.05) is 26.1 Å². The summed E-state index contributed by atoms with van der Waals surface area (Å²) in [6.07, 6.45) is 10.8. The van der Waals surface area contributed by atoms with Crippen molar-refractivity contribution in [1.82, 2.24) is 10.0 Å². The molecular formula is C34H47FN2O9S. The number of carbonyl (C=O) groups is 1. The number of amides is 1. The van der Waals surface area contributed by atoms with Gasteiger partial charge in [0, 0.05) is 50.3 Å². The SMILES string of the molecule is C[C@@](CCn1cc(F)c(-c2ccc(OCC3CCC(OC4CCCCO4)CC3)cc2)cc1=O)(C(=O)NOC1CCCCO1)S(C)(=O)=O. The van der Waals surface area contributed by atoms with Crippen molar-refractivity contribution in [1.29, 1.82) is 0 Å². The third kappa shape index (κ3) is 9.41. The van der Waals surface area contributed by atoms with Gasteiger partial charge >= 0.3 is 0 Å². The van der Waals surface area contributed by atoms with E-state index in [0.717, 1.165) is 81.4 Å². The van der Waals surface area contributed by atoms with Crippen LogP contribution in [-0.4, -0.2) is 68.4 Å². The maximum Gasteiger partial charge on any atom is 0.264 e. The minimum atomic E-state index is -3.95. The van der Waals surface area contributed by atoms with Gasteiger partial charge in [0.1, 0.15) is 11.6 Å². The van der Waals surface area contributed by atoms with Crippen LogP contribution in [0.3, 0.4) is 0 Å². The van der Waals surface area contributed by atoms with Gasteiger partial charge < -0.3 is 23.5 Å². The number of hydrogen-bond donors (Lipinski definition) is 1. The third-order valence-corrected chi connectivity index (χ3v) is 11.6. The van der Waals surface area contributed by atoms with E-state index in [0.29, 0.717) is 36.9 Å². The quantitative estimate of drug-likeness (QED) is 0.294. The van der Waals surface area contributed by atoms with E-state index in [4.69, 9.17) is 23.8 Å². The number of nitrogens with zero attached hydrogens (tertiary/aromatic N) is 1. The summed E-state index contributed by atoms with van der Waals surface area (Å²) in [6.45, 7) is 2.91. The topological polar surface area (TPSA) is 131 Å². The monoisotopic (exact) mass is 678 g/mol. The van der Waals surface area contributed by atoms with E-state index < -0.39 is 38.2 Å². The zero-order valence-electron chi connectivity index (χ0n) is 27.3. The Labute approximate surface area is 275 Å². The molecule has 2 unspecified atom stereocenters. The van der Waals surface area contributed by atoms with Gasteiger partial charge in [0.25, 0.3) is 11.5 Å². The van der Waals surface area contributed by atoms with E-state index in [1.54, 1.807) is 24.3 Å². The fourth-order valence-electron chi connectivity index (χ4n) is 6.19. The zero-order chi connectivity index (χ0) is 33.4. The first kappa shape index (κ1) is 35.5. The molecule has 11 nitrogen and oxygen atoms in total. The molecule has 1 amide bonds. The van der Waals surface area contributed by atoms with E-state index in [2.05, 4.69) is 5.48 Å². The highest BCUT2D eigenvalue weighted by Gasteiger charge is 2.44. The standard InChI is InChI=1S/C34H47FN2O9S/c1-34(47(2,40)41,33(39)36-46-32-8-4-6-20-43-32)17-18-37-22-29(35)28(21-30(37)38)25-11-15-26(16-12-25)44-23-24-9-13-27(14-10-24)45-31-7-3-5-19-42-31/h11-12,15-16,21-22,24,27,31-32H,3-10,13-14,17-20,23H2,1-2H3,(H,36,39)/t24?,27?,31?,32?,34-/m1/s1. The number of carbonyl (C=O) groups excluding carboxylic acids is 1. The molecule has 0 bridgehead atoms. The van der Waals surface area contributed by atoms with Crippen LogP contribution in [0.25, 0.3) is 11.1 Å². The Morgan fingerprint density at radius 3 is 2.28 bits per heavy atom. The van der Waals surface area contributed by atoms with Crippen LogP contribution in [0, 0.1) is 11.7 Å². The van der Waals surface area contributed by atoms with Crippen molar-refractivity contribution >= 4 is 15.7 Å². The maximum absolute atomic E-state index is 15.3. The normalized spacial score (nSPS) is 25.1. The van der Waals surface area contributed by atoms with Crippen LogP contribution in [0.15, 0.2) is 41.3 Å². The molecule has 13 heteroatoms. The van der Waals surface area contributed by atoms with Crippen molar-refractivity contribution in [2.24, 2.45) is 5.92 Å². The molecule has 2 aliphatic heterocycles. The van der Waals surface area contributed by atoms with Gasteiger partial charge in [0.15, 0.2) is 27.2 Å². The summed E-state index contributed by atoms with van der Waals surface area (Å²) in [4.78, 5) is 31.2. The maximum atomic E-state index is 15.3. The molecule has 1 aromatic heterocycles. The highest BCUT2D eigenvalue weighted by Crippen LogP contribution is 2.30. The van der Waals surface area contributed by atoms with Gasteiger partial charge in [-0.05, 0) is 94.7 Å². The number of hydrogen-bond acceptors (Lipinski definition) is 9. The highest BCUT2D eigenvalue weighted by molar-refractivity contribution is 7.92. The first-order valence-corrected chi connectivity index (χ1v) is 18.6. The lowest BCUT2D eigenvalue weighted by molar-refractivity contribution is -0.201. The molecule has 1 aromatic carbocycles. The molecule has 260 valence electrons. The summed E-state index contributed by atoms with van der Waals surface area (Å²) in [5.41, 5.74) is 2.30. The molecular weight excluding hydrogens is 631 g/mol. The van der Waals surface area contributed by atoms with Crippen LogP contribution < -0.4 is 15.8 Å². The van der Waals surface area contributed by atoms with Gasteiger partial charge in [-0.25, -0.2) is 23.1 Å². The second-order valence-corrected chi connectivity index (χ2v) is 15.5. The molecule has 1 N–H and O–H groups in total. The van der Waals surface area contributed by atoms with Gasteiger partial charge in [0.05, 0.1) is 12.7 Å². The largest absolute Gasteiger partial charge is 0.493 e. The summed E-state index contributed by atoms with van der Waals surface area (Å²) in [6, 6.07) is 8.09. The summed E-state index contributed by atoms with van der Waals surface area (Å²) in [5, 5.41) is 0. The number of pyridine rings is 1. The lowest BCUT2D eigenvalue weighted by Gasteiger charge is -2.32. The summed E-state index contributed by atoms with van der Waals surface area (Å²) in [5.74, 6) is -0.443. The Kier molecular flexibility index (Phi) is 12.1. The van der Waals surface area contributed by atoms with E-state index in [1.807, 2.05) is 0 Å². The Morgan fingerprint density at radius 1 is 1.00 bits per heavy atom. The fourth-order valence-corrected chi connectivity index (χ4v) is 7.03. The summed E-state index contributed by atoms with van der Waals surface area (Å²) >= 11 is 0. The molecule has 47 heavy (non-hydrogen) atoms. The van der Waals surface area contributed by atoms with Crippen LogP contribution in [-0.2, 0) is 40.2 Å². The number of hydroxylamine groups is 1. The number of sulfone groups is 1. The number of halogens is 1. The molecule has 1 saturated carbocycles. The van der Waals surface area contributed by atoms with Gasteiger partial charge in [0.2, 0.25) is 0 Å². The number of aryl methyl sites for hydroxylation is 1. The van der Waals surface area contributed by atoms with Gasteiger partial charge in [-0.3, -0.25) is 9.59 Å². The van der Waals surface area contributed by atoms with Gasteiger partial charge in [-0.1, -0.05) is 12.1 Å². The molecule has 3 aliphatic rings. The van der Waals surface area contributed by atoms with Crippen molar-refractivity contribution < 1.29 is 41.4 Å². The Morgan fingerprint density at radius 2 is 1.66 bits per heavy atom. The molecule has 0 radical (unpaired) electrons.